The van der Waals surface area contributed by atoms with E-state index in [9.17, 15) is 8.78 Å². The first kappa shape index (κ1) is 10.4. The second-order valence-corrected chi connectivity index (χ2v) is 3.02. The van der Waals surface area contributed by atoms with E-state index in [1.54, 1.807) is 12.1 Å². The number of rotatable bonds is 3. The molecule has 0 saturated carbocycles. The predicted molar refractivity (Wildman–Crippen MR) is 53.0 cm³/mol. The predicted octanol–water partition coefficient (Wildman–Crippen LogP) is 2.53. The maximum Gasteiger partial charge on any atom is 0.387 e. The van der Waals surface area contributed by atoms with Gasteiger partial charge in [0.25, 0.3) is 0 Å². The molecule has 2 rings (SSSR count). The fourth-order valence-corrected chi connectivity index (χ4v) is 1.28. The third-order valence-corrected chi connectivity index (χ3v) is 1.92. The van der Waals surface area contributed by atoms with Gasteiger partial charge in [-0.1, -0.05) is 17.3 Å². The summed E-state index contributed by atoms with van der Waals surface area (Å²) in [5.41, 5.74) is 6.46. The topological polar surface area (TPSA) is 61.3 Å². The molecular formula is C10H8F2N2O2. The van der Waals surface area contributed by atoms with Gasteiger partial charge in [-0.3, -0.25) is 0 Å². The molecule has 0 bridgehead atoms. The highest BCUT2D eigenvalue weighted by atomic mass is 19.3. The Balaban J connectivity index is 2.33. The van der Waals surface area contributed by atoms with Crippen molar-refractivity contribution in [2.24, 2.45) is 0 Å². The van der Waals surface area contributed by atoms with Gasteiger partial charge in [0, 0.05) is 5.56 Å². The zero-order valence-electron chi connectivity index (χ0n) is 8.06. The number of ether oxygens (including phenoxy) is 1. The molecule has 0 atom stereocenters. The van der Waals surface area contributed by atoms with Crippen molar-refractivity contribution >= 4 is 5.69 Å². The summed E-state index contributed by atoms with van der Waals surface area (Å²) in [6, 6.07) is 6.05. The minimum absolute atomic E-state index is 0.0447. The molecule has 0 radical (unpaired) electrons. The summed E-state index contributed by atoms with van der Waals surface area (Å²) in [5, 5.41) is 3.50. The van der Waals surface area contributed by atoms with Crippen LogP contribution in [0, 0.1) is 0 Å². The first-order valence-electron chi connectivity index (χ1n) is 4.42. The van der Waals surface area contributed by atoms with E-state index in [4.69, 9.17) is 10.3 Å². The van der Waals surface area contributed by atoms with E-state index in [0.717, 1.165) is 0 Å². The van der Waals surface area contributed by atoms with Crippen molar-refractivity contribution in [2.75, 3.05) is 5.73 Å². The van der Waals surface area contributed by atoms with Gasteiger partial charge >= 0.3 is 6.61 Å². The highest BCUT2D eigenvalue weighted by molar-refractivity contribution is 5.70. The molecule has 0 aliphatic rings. The molecule has 2 aromatic rings. The molecule has 84 valence electrons. The Hall–Kier alpha value is -2.11. The van der Waals surface area contributed by atoms with Crippen LogP contribution in [0.25, 0.3) is 11.3 Å². The zero-order chi connectivity index (χ0) is 11.5. The number of hydrogen-bond donors (Lipinski definition) is 1. The molecule has 2 N–H and O–H groups in total. The van der Waals surface area contributed by atoms with Crippen molar-refractivity contribution in [1.82, 2.24) is 5.16 Å². The Morgan fingerprint density at radius 2 is 2.19 bits per heavy atom. The van der Waals surface area contributed by atoms with Gasteiger partial charge in [0.15, 0.2) is 5.76 Å². The van der Waals surface area contributed by atoms with Crippen molar-refractivity contribution in [3.05, 3.63) is 30.5 Å². The van der Waals surface area contributed by atoms with Crippen LogP contribution in [0.3, 0.4) is 0 Å². The number of halogens is 2. The quantitative estimate of drug-likeness (QED) is 0.873. The van der Waals surface area contributed by atoms with E-state index < -0.39 is 6.61 Å². The van der Waals surface area contributed by atoms with Crippen molar-refractivity contribution in [3.8, 4) is 17.1 Å². The van der Waals surface area contributed by atoms with Gasteiger partial charge in [-0.2, -0.15) is 8.78 Å². The Morgan fingerprint density at radius 3 is 2.81 bits per heavy atom. The lowest BCUT2D eigenvalue weighted by molar-refractivity contribution is -0.0498. The molecule has 1 heterocycles. The third kappa shape index (κ3) is 2.10. The molecule has 0 saturated heterocycles. The van der Waals surface area contributed by atoms with Gasteiger partial charge in [0.1, 0.15) is 11.4 Å². The van der Waals surface area contributed by atoms with Crippen molar-refractivity contribution < 1.29 is 18.0 Å². The van der Waals surface area contributed by atoms with Crippen LogP contribution in [0.15, 0.2) is 35.0 Å². The Kier molecular flexibility index (Phi) is 2.72. The SMILES string of the molecule is Nc1cnoc1-c1cccc(OC(F)F)c1. The number of nitrogens with zero attached hydrogens (tertiary/aromatic N) is 1. The molecule has 0 aliphatic heterocycles. The largest absolute Gasteiger partial charge is 0.435 e. The summed E-state index contributed by atoms with van der Waals surface area (Å²) in [7, 11) is 0. The second-order valence-electron chi connectivity index (χ2n) is 3.02. The maximum atomic E-state index is 12.0. The van der Waals surface area contributed by atoms with Gasteiger partial charge in [-0.15, -0.1) is 0 Å². The van der Waals surface area contributed by atoms with Crippen LogP contribution in [0.1, 0.15) is 0 Å². The number of nitrogens with two attached hydrogens (primary N) is 1. The summed E-state index contributed by atoms with van der Waals surface area (Å²) >= 11 is 0. The molecule has 1 aromatic heterocycles. The monoisotopic (exact) mass is 226 g/mol. The summed E-state index contributed by atoms with van der Waals surface area (Å²) < 4.78 is 33.1. The van der Waals surface area contributed by atoms with Crippen LogP contribution in [-0.4, -0.2) is 11.8 Å². The molecule has 0 aliphatic carbocycles. The summed E-state index contributed by atoms with van der Waals surface area (Å²) in [6.45, 7) is -2.86. The average Bonchev–Trinajstić information content (AvgIpc) is 2.64. The third-order valence-electron chi connectivity index (χ3n) is 1.92. The summed E-state index contributed by atoms with van der Waals surface area (Å²) in [6.07, 6.45) is 1.34. The smallest absolute Gasteiger partial charge is 0.387 e. The molecule has 16 heavy (non-hydrogen) atoms. The molecule has 6 heteroatoms. The number of hydrogen-bond acceptors (Lipinski definition) is 4. The molecule has 4 nitrogen and oxygen atoms in total. The fourth-order valence-electron chi connectivity index (χ4n) is 1.28. The molecular weight excluding hydrogens is 218 g/mol. The highest BCUT2D eigenvalue weighted by Gasteiger charge is 2.10. The van der Waals surface area contributed by atoms with E-state index >= 15 is 0 Å². The molecule has 0 fully saturated rings. The van der Waals surface area contributed by atoms with E-state index in [2.05, 4.69) is 9.89 Å². The van der Waals surface area contributed by atoms with Crippen molar-refractivity contribution in [1.29, 1.82) is 0 Å². The van der Waals surface area contributed by atoms with Crippen LogP contribution >= 0.6 is 0 Å². The Morgan fingerprint density at radius 1 is 1.38 bits per heavy atom. The lowest BCUT2D eigenvalue weighted by atomic mass is 10.1. The zero-order valence-corrected chi connectivity index (χ0v) is 8.06. The van der Waals surface area contributed by atoms with Crippen molar-refractivity contribution in [3.63, 3.8) is 0 Å². The lowest BCUT2D eigenvalue weighted by Gasteiger charge is -2.05. The second kappa shape index (κ2) is 4.18. The van der Waals surface area contributed by atoms with Crippen LogP contribution < -0.4 is 10.5 Å². The minimum atomic E-state index is -2.86. The number of aromatic nitrogens is 1. The summed E-state index contributed by atoms with van der Waals surface area (Å²) in [4.78, 5) is 0. The molecule has 0 unspecified atom stereocenters. The van der Waals surface area contributed by atoms with Gasteiger partial charge in [-0.25, -0.2) is 0 Å². The van der Waals surface area contributed by atoms with Gasteiger partial charge in [-0.05, 0) is 12.1 Å². The molecule has 0 spiro atoms. The Bertz CT molecular complexity index is 485. The van der Waals surface area contributed by atoms with Gasteiger partial charge in [0.05, 0.1) is 6.20 Å². The first-order valence-corrected chi connectivity index (χ1v) is 4.42. The van der Waals surface area contributed by atoms with Crippen molar-refractivity contribution in [2.45, 2.75) is 6.61 Å². The minimum Gasteiger partial charge on any atom is -0.435 e. The van der Waals surface area contributed by atoms with Crippen LogP contribution in [0.2, 0.25) is 0 Å². The van der Waals surface area contributed by atoms with Crippen LogP contribution in [0.4, 0.5) is 14.5 Å². The normalized spacial score (nSPS) is 10.7. The number of nitrogen functional groups attached to an aromatic ring is 1. The highest BCUT2D eigenvalue weighted by Crippen LogP contribution is 2.28. The van der Waals surface area contributed by atoms with E-state index in [0.29, 0.717) is 17.0 Å². The average molecular weight is 226 g/mol. The standard InChI is InChI=1S/C10H8F2N2O2/c11-10(12)15-7-3-1-2-6(4-7)9-8(13)5-14-16-9/h1-5,10H,13H2. The van der Waals surface area contributed by atoms with E-state index in [-0.39, 0.29) is 5.75 Å². The summed E-state index contributed by atoms with van der Waals surface area (Å²) in [5.74, 6) is 0.378. The molecule has 1 aromatic carbocycles. The molecule has 0 amide bonds. The van der Waals surface area contributed by atoms with E-state index in [1.807, 2.05) is 0 Å². The first-order chi connectivity index (χ1) is 7.66. The number of benzene rings is 1. The Labute approximate surface area is 89.6 Å². The number of alkyl halides is 2. The lowest BCUT2D eigenvalue weighted by Crippen LogP contribution is -2.01. The van der Waals surface area contributed by atoms with E-state index in [1.165, 1.54) is 18.3 Å². The fraction of sp³-hybridized carbons (Fsp3) is 0.100. The van der Waals surface area contributed by atoms with Gasteiger partial charge in [0.2, 0.25) is 0 Å². The van der Waals surface area contributed by atoms with Crippen LogP contribution in [0.5, 0.6) is 5.75 Å². The maximum absolute atomic E-state index is 12.0. The van der Waals surface area contributed by atoms with Gasteiger partial charge < -0.3 is 15.0 Å². The number of anilines is 1. The van der Waals surface area contributed by atoms with Crippen LogP contribution in [-0.2, 0) is 0 Å².